The molecule has 8 aromatic carbocycles. The summed E-state index contributed by atoms with van der Waals surface area (Å²) in [6.07, 6.45) is -5.30. The van der Waals surface area contributed by atoms with E-state index in [2.05, 4.69) is 48.2 Å². The van der Waals surface area contributed by atoms with Crippen LogP contribution >= 0.6 is 0 Å². The minimum absolute atomic E-state index is 0.145. The van der Waals surface area contributed by atoms with Gasteiger partial charge in [0.15, 0.2) is 0 Å². The summed E-state index contributed by atoms with van der Waals surface area (Å²) >= 11 is 0. The number of β-lactam (4-membered cyclic amide) rings is 1. The highest BCUT2D eigenvalue weighted by atomic mass is 19.1. The van der Waals surface area contributed by atoms with E-state index in [1.807, 2.05) is 144 Å². The number of ether oxygens (including phenoxy) is 2. The number of hydrogen-bond donors (Lipinski definition) is 5. The highest BCUT2D eigenvalue weighted by Gasteiger charge is 2.50. The quantitative estimate of drug-likeness (QED) is 0.0357. The molecule has 5 N–H and O–H groups in total. The second-order valence-corrected chi connectivity index (χ2v) is 19.9. The second kappa shape index (κ2) is 23.2. The van der Waals surface area contributed by atoms with Crippen LogP contribution in [0.5, 0.6) is 5.75 Å². The molecular weight excluding hydrogens is 996 g/mol. The predicted octanol–water partition coefficient (Wildman–Crippen LogP) is 9.64. The first-order valence-corrected chi connectivity index (χ1v) is 26.3. The van der Waals surface area contributed by atoms with Gasteiger partial charge < -0.3 is 39.9 Å². The lowest BCUT2D eigenvalue weighted by Gasteiger charge is -2.48. The molecule has 12 nitrogen and oxygen atoms in total. The molecule has 2 saturated heterocycles. The van der Waals surface area contributed by atoms with Crippen molar-refractivity contribution in [3.05, 3.63) is 275 Å². The molecule has 0 radical (unpaired) electrons. The van der Waals surface area contributed by atoms with E-state index >= 15 is 0 Å². The normalized spacial score (nSPS) is 20.4. The van der Waals surface area contributed by atoms with Gasteiger partial charge in [0.25, 0.3) is 0 Å². The van der Waals surface area contributed by atoms with E-state index in [4.69, 9.17) is 19.6 Å². The van der Waals surface area contributed by atoms with Crippen molar-refractivity contribution in [2.75, 3.05) is 11.5 Å². The molecule has 8 atom stereocenters. The molecule has 1 unspecified atom stereocenters. The summed E-state index contributed by atoms with van der Waals surface area (Å²) in [7, 11) is 0. The van der Waals surface area contributed by atoms with Gasteiger partial charge in [0.2, 0.25) is 11.7 Å². The third-order valence-electron chi connectivity index (χ3n) is 15.1. The van der Waals surface area contributed by atoms with Crippen LogP contribution in [0.1, 0.15) is 81.4 Å². The monoisotopic (exact) mass is 1050 g/mol. The fourth-order valence-electron chi connectivity index (χ4n) is 11.0. The lowest BCUT2D eigenvalue weighted by atomic mass is 9.77. The molecule has 3 heterocycles. The number of carbonyl (C=O) groups is 1. The summed E-state index contributed by atoms with van der Waals surface area (Å²) in [5, 5.41) is 58.3. The van der Waals surface area contributed by atoms with Gasteiger partial charge in [0.1, 0.15) is 60.6 Å². The van der Waals surface area contributed by atoms with E-state index in [9.17, 15) is 34.7 Å². The first-order chi connectivity index (χ1) is 38.6. The van der Waals surface area contributed by atoms with Crippen molar-refractivity contribution in [1.82, 2.24) is 14.8 Å². The van der Waals surface area contributed by atoms with Gasteiger partial charge >= 0.3 is 0 Å². The number of aliphatic hydroxyl groups excluding tert-OH is 5. The topological polar surface area (TPSA) is 171 Å². The Kier molecular flexibility index (Phi) is 15.4. The maximum atomic E-state index is 14.6. The molecule has 11 rings (SSSR count). The van der Waals surface area contributed by atoms with Crippen LogP contribution in [-0.2, 0) is 21.7 Å². The van der Waals surface area contributed by atoms with Crippen molar-refractivity contribution in [2.45, 2.75) is 67.7 Å². The van der Waals surface area contributed by atoms with Crippen LogP contribution in [0.2, 0.25) is 0 Å². The summed E-state index contributed by atoms with van der Waals surface area (Å²) in [4.78, 5) is 21.1. The molecule has 1 amide bonds. The minimum Gasteiger partial charge on any atom is -0.489 e. The van der Waals surface area contributed by atoms with Crippen LogP contribution in [0.25, 0.3) is 11.1 Å². The Labute approximate surface area is 457 Å². The SMILES string of the molecule is O=C1[C@H](CC[C@H](O)c2ccc(F)cc2)[C@@H](c2ccc(-c3cccc(C4O[C@H](CO)[C@@H](O)[C@H](O)[C@H]4O)c3)cc2OCc2ccccc2)N1c1ccc(C#Cc2ncn(C(c3ccccc3)(c3ccccc3)c3ccccc3)n2)cc1. The largest absolute Gasteiger partial charge is 0.489 e. The smallest absolute Gasteiger partial charge is 0.233 e. The van der Waals surface area contributed by atoms with E-state index < -0.39 is 66.5 Å². The lowest BCUT2D eigenvalue weighted by Crippen LogP contribution is -2.55. The van der Waals surface area contributed by atoms with E-state index in [1.54, 1.807) is 35.5 Å². The first kappa shape index (κ1) is 52.5. The fourth-order valence-corrected chi connectivity index (χ4v) is 11.0. The third kappa shape index (κ3) is 10.6. The number of hydrogen-bond acceptors (Lipinski definition) is 10. The Morgan fingerprint density at radius 3 is 1.92 bits per heavy atom. The average Bonchev–Trinajstić information content (AvgIpc) is 4.21. The number of anilines is 1. The highest BCUT2D eigenvalue weighted by molar-refractivity contribution is 6.03. The van der Waals surface area contributed by atoms with E-state index in [-0.39, 0.29) is 18.9 Å². The van der Waals surface area contributed by atoms with Crippen molar-refractivity contribution in [1.29, 1.82) is 0 Å². The van der Waals surface area contributed by atoms with Crippen molar-refractivity contribution in [3.63, 3.8) is 0 Å². The summed E-state index contributed by atoms with van der Waals surface area (Å²) in [5.74, 6) is 6.12. The molecule has 2 fully saturated rings. The number of amides is 1. The Hall–Kier alpha value is -8.58. The molecule has 13 heteroatoms. The van der Waals surface area contributed by atoms with E-state index in [1.165, 1.54) is 12.1 Å². The molecule has 0 bridgehead atoms. The molecule has 79 heavy (non-hydrogen) atoms. The fraction of sp³-hybridized carbons (Fsp3) is 0.197. The van der Waals surface area contributed by atoms with Gasteiger partial charge in [-0.2, -0.15) is 0 Å². The number of carbonyl (C=O) groups excluding carboxylic acids is 1. The van der Waals surface area contributed by atoms with Gasteiger partial charge in [-0.15, -0.1) is 5.10 Å². The van der Waals surface area contributed by atoms with Crippen LogP contribution in [0.15, 0.2) is 219 Å². The molecule has 1 aromatic heterocycles. The zero-order chi connectivity index (χ0) is 54.5. The minimum atomic E-state index is -1.54. The van der Waals surface area contributed by atoms with Crippen molar-refractivity contribution >= 4 is 11.6 Å². The van der Waals surface area contributed by atoms with Crippen LogP contribution in [0, 0.1) is 23.6 Å². The van der Waals surface area contributed by atoms with Crippen LogP contribution in [0.4, 0.5) is 10.1 Å². The van der Waals surface area contributed by atoms with E-state index in [0.717, 1.165) is 38.9 Å². The van der Waals surface area contributed by atoms with Crippen molar-refractivity contribution in [2.24, 2.45) is 5.92 Å². The molecule has 2 aliphatic heterocycles. The van der Waals surface area contributed by atoms with Gasteiger partial charge in [-0.3, -0.25) is 4.79 Å². The summed E-state index contributed by atoms with van der Waals surface area (Å²) < 4.78 is 28.4. The number of halogens is 1. The highest BCUT2D eigenvalue weighted by Crippen LogP contribution is 2.50. The van der Waals surface area contributed by atoms with Gasteiger partial charge in [-0.1, -0.05) is 170 Å². The van der Waals surface area contributed by atoms with Crippen molar-refractivity contribution < 1.29 is 44.2 Å². The number of aliphatic hydroxyl groups is 5. The second-order valence-electron chi connectivity index (χ2n) is 19.9. The van der Waals surface area contributed by atoms with Crippen LogP contribution in [0.3, 0.4) is 0 Å². The van der Waals surface area contributed by atoms with Crippen molar-refractivity contribution in [3.8, 4) is 28.7 Å². The zero-order valence-corrected chi connectivity index (χ0v) is 42.9. The maximum Gasteiger partial charge on any atom is 0.233 e. The Bertz CT molecular complexity index is 3480. The van der Waals surface area contributed by atoms with Gasteiger partial charge in [0, 0.05) is 16.8 Å². The number of aromatic nitrogens is 3. The summed E-state index contributed by atoms with van der Waals surface area (Å²) in [6, 6.07) is 66.0. The van der Waals surface area contributed by atoms with Gasteiger partial charge in [-0.25, -0.2) is 14.1 Å². The first-order valence-electron chi connectivity index (χ1n) is 26.3. The summed E-state index contributed by atoms with van der Waals surface area (Å²) in [5.41, 5.74) is 7.65. The summed E-state index contributed by atoms with van der Waals surface area (Å²) in [6.45, 7) is -0.342. The number of benzene rings is 8. The standard InChI is InChI=1S/C66H57FN4O8/c67-52-30-27-45(28-31-52)56(73)36-35-55-60(54-34-29-47(39-57(54)78-41-44-14-5-1-6-15-44)46-16-13-17-48(38-46)64-63(76)62(75)61(74)58(40-72)79-64)71(65(55)77)53-32-24-43(25-33-53)26-37-59-68-42-70(69-59)66(49-18-7-2-8-19-49,50-20-9-3-10-21-50)51-22-11-4-12-23-51/h1-25,27-34,38-39,42,55-56,58,60-64,72-76H,35-36,40-41H2/t55-,56+,58-,60-,61-,62+,63-,64?/m1/s1. The molecule has 0 aliphatic carbocycles. The lowest BCUT2D eigenvalue weighted by molar-refractivity contribution is -0.231. The van der Waals surface area contributed by atoms with E-state index in [0.29, 0.717) is 40.4 Å². The zero-order valence-electron chi connectivity index (χ0n) is 42.9. The Morgan fingerprint density at radius 1 is 0.671 bits per heavy atom. The molecule has 9 aromatic rings. The number of nitrogens with zero attached hydrogens (tertiary/aromatic N) is 4. The predicted molar refractivity (Wildman–Crippen MR) is 297 cm³/mol. The molecule has 2 aliphatic rings. The molecule has 0 spiro atoms. The van der Waals surface area contributed by atoms with Crippen LogP contribution < -0.4 is 9.64 Å². The Balaban J connectivity index is 0.925. The van der Waals surface area contributed by atoms with Gasteiger partial charge in [-0.05, 0) is 112 Å². The molecular formula is C66H57FN4O8. The average molecular weight is 1050 g/mol. The number of rotatable bonds is 16. The van der Waals surface area contributed by atoms with Crippen LogP contribution in [-0.4, -0.2) is 77.2 Å². The Morgan fingerprint density at radius 2 is 1.29 bits per heavy atom. The van der Waals surface area contributed by atoms with Gasteiger partial charge in [0.05, 0.1) is 24.7 Å². The third-order valence-corrected chi connectivity index (χ3v) is 15.1. The molecule has 0 saturated carbocycles. The molecule has 396 valence electrons. The maximum absolute atomic E-state index is 14.6.